The Bertz CT molecular complexity index is 785. The van der Waals surface area contributed by atoms with Crippen molar-refractivity contribution in [1.82, 2.24) is 10.6 Å². The molecule has 0 unspecified atom stereocenters. The number of anilines is 1. The van der Waals surface area contributed by atoms with E-state index in [-0.39, 0.29) is 36.4 Å². The Kier molecular flexibility index (Phi) is 11.6. The predicted molar refractivity (Wildman–Crippen MR) is 128 cm³/mol. The van der Waals surface area contributed by atoms with Gasteiger partial charge in [0.1, 0.15) is 6.54 Å². The molecule has 0 atom stereocenters. The maximum atomic E-state index is 12.0. The second kappa shape index (κ2) is 13.6. The molecule has 0 bridgehead atoms. The highest BCUT2D eigenvalue weighted by atomic mass is 127. The van der Waals surface area contributed by atoms with Crippen LogP contribution in [0.25, 0.3) is 0 Å². The topological polar surface area (TPSA) is 84.0 Å². The van der Waals surface area contributed by atoms with Gasteiger partial charge < -0.3 is 25.4 Å². The van der Waals surface area contributed by atoms with Crippen LogP contribution in [0.4, 0.5) is 5.69 Å². The summed E-state index contributed by atoms with van der Waals surface area (Å²) < 4.78 is 10.6. The van der Waals surface area contributed by atoms with E-state index in [2.05, 4.69) is 20.9 Å². The zero-order valence-corrected chi connectivity index (χ0v) is 19.4. The van der Waals surface area contributed by atoms with Gasteiger partial charge in [0, 0.05) is 18.8 Å². The summed E-state index contributed by atoms with van der Waals surface area (Å²) >= 11 is 0. The van der Waals surface area contributed by atoms with Crippen LogP contribution in [0, 0.1) is 0 Å². The molecule has 1 amide bonds. The summed E-state index contributed by atoms with van der Waals surface area (Å²) in [5, 5.41) is 9.20. The van der Waals surface area contributed by atoms with Crippen LogP contribution in [0.15, 0.2) is 53.5 Å². The second-order valence-electron chi connectivity index (χ2n) is 5.98. The summed E-state index contributed by atoms with van der Waals surface area (Å²) in [4.78, 5) is 16.4. The number of amides is 1. The number of para-hydroxylation sites is 1. The smallest absolute Gasteiger partial charge is 0.246 e. The molecule has 0 aliphatic heterocycles. The minimum Gasteiger partial charge on any atom is -0.493 e. The second-order valence-corrected chi connectivity index (χ2v) is 5.98. The predicted octanol–water partition coefficient (Wildman–Crippen LogP) is 3.06. The minimum absolute atomic E-state index is 0. The fraction of sp³-hybridized carbons (Fsp3) is 0.333. The van der Waals surface area contributed by atoms with Crippen molar-refractivity contribution < 1.29 is 14.3 Å². The summed E-state index contributed by atoms with van der Waals surface area (Å²) in [7, 11) is 3.24. The molecule has 0 saturated carbocycles. The van der Waals surface area contributed by atoms with Crippen molar-refractivity contribution in [1.29, 1.82) is 0 Å². The monoisotopic (exact) mass is 512 g/mol. The molecule has 0 heterocycles. The van der Waals surface area contributed by atoms with Gasteiger partial charge in [-0.3, -0.25) is 4.79 Å². The van der Waals surface area contributed by atoms with Gasteiger partial charge in [0.05, 0.1) is 14.2 Å². The Morgan fingerprint density at radius 2 is 1.72 bits per heavy atom. The number of ether oxygens (including phenoxy) is 2. The average molecular weight is 512 g/mol. The van der Waals surface area contributed by atoms with Crippen molar-refractivity contribution in [3.05, 3.63) is 54.1 Å². The summed E-state index contributed by atoms with van der Waals surface area (Å²) in [5.74, 6) is 1.85. The number of carbonyl (C=O) groups excluding carboxylic acids is 1. The number of hydrogen-bond donors (Lipinski definition) is 3. The fourth-order valence-electron chi connectivity index (χ4n) is 2.58. The molecule has 3 N–H and O–H groups in total. The van der Waals surface area contributed by atoms with Crippen LogP contribution in [0.1, 0.15) is 12.5 Å². The van der Waals surface area contributed by atoms with E-state index in [0.29, 0.717) is 30.5 Å². The lowest BCUT2D eigenvalue weighted by molar-refractivity contribution is -0.114. The van der Waals surface area contributed by atoms with Crippen molar-refractivity contribution in [2.45, 2.75) is 13.3 Å². The molecule has 0 aromatic heterocycles. The fourth-order valence-corrected chi connectivity index (χ4v) is 2.58. The quantitative estimate of drug-likeness (QED) is 0.273. The molecule has 0 fully saturated rings. The molecular weight excluding hydrogens is 483 g/mol. The first kappa shape index (κ1) is 24.5. The summed E-state index contributed by atoms with van der Waals surface area (Å²) in [6.07, 6.45) is 0.779. The van der Waals surface area contributed by atoms with E-state index < -0.39 is 0 Å². The van der Waals surface area contributed by atoms with Crippen molar-refractivity contribution >= 4 is 41.5 Å². The van der Waals surface area contributed by atoms with Gasteiger partial charge in [-0.2, -0.15) is 0 Å². The van der Waals surface area contributed by atoms with E-state index in [0.717, 1.165) is 17.7 Å². The van der Waals surface area contributed by atoms with E-state index in [1.54, 1.807) is 14.2 Å². The standard InChI is InChI=1S/C21H28N4O3.HI/c1-4-22-21(24-15-20(26)25-17-8-6-5-7-9-17)23-13-12-16-10-11-18(27-2)19(14-16)28-3;/h5-11,14H,4,12-13,15H2,1-3H3,(H,25,26)(H2,22,23,24);1H. The number of guanidine groups is 1. The largest absolute Gasteiger partial charge is 0.493 e. The molecule has 0 spiro atoms. The summed E-state index contributed by atoms with van der Waals surface area (Å²) in [5.41, 5.74) is 1.87. The zero-order chi connectivity index (χ0) is 20.2. The van der Waals surface area contributed by atoms with E-state index >= 15 is 0 Å². The van der Waals surface area contributed by atoms with Gasteiger partial charge in [0.15, 0.2) is 17.5 Å². The molecule has 0 saturated heterocycles. The number of nitrogens with one attached hydrogen (secondary N) is 3. The van der Waals surface area contributed by atoms with Gasteiger partial charge in [0.25, 0.3) is 0 Å². The van der Waals surface area contributed by atoms with Gasteiger partial charge in [-0.25, -0.2) is 4.99 Å². The van der Waals surface area contributed by atoms with E-state index in [4.69, 9.17) is 9.47 Å². The van der Waals surface area contributed by atoms with Crippen molar-refractivity contribution in [3.8, 4) is 11.5 Å². The third kappa shape index (κ3) is 8.59. The van der Waals surface area contributed by atoms with E-state index in [9.17, 15) is 4.79 Å². The van der Waals surface area contributed by atoms with Crippen LogP contribution in [0.2, 0.25) is 0 Å². The highest BCUT2D eigenvalue weighted by Gasteiger charge is 2.06. The molecule has 8 heteroatoms. The maximum absolute atomic E-state index is 12.0. The Morgan fingerprint density at radius 1 is 1.00 bits per heavy atom. The SMILES string of the molecule is CCNC(=NCC(=O)Nc1ccccc1)NCCc1ccc(OC)c(OC)c1.I. The Balaban J connectivity index is 0.00000420. The number of aliphatic imine (C=N–C) groups is 1. The van der Waals surface area contributed by atoms with Gasteiger partial charge >= 0.3 is 0 Å². The Labute approximate surface area is 189 Å². The highest BCUT2D eigenvalue weighted by molar-refractivity contribution is 14.0. The number of nitrogens with zero attached hydrogens (tertiary/aromatic N) is 1. The number of hydrogen-bond acceptors (Lipinski definition) is 4. The first-order chi connectivity index (χ1) is 13.7. The summed E-state index contributed by atoms with van der Waals surface area (Å²) in [6, 6.07) is 15.2. The third-order valence-electron chi connectivity index (χ3n) is 3.94. The zero-order valence-electron chi connectivity index (χ0n) is 17.0. The molecule has 0 aliphatic rings. The van der Waals surface area contributed by atoms with Crippen molar-refractivity contribution in [3.63, 3.8) is 0 Å². The number of carbonyl (C=O) groups is 1. The van der Waals surface area contributed by atoms with Crippen LogP contribution in [0.5, 0.6) is 11.5 Å². The number of halogens is 1. The number of rotatable bonds is 9. The maximum Gasteiger partial charge on any atom is 0.246 e. The van der Waals surface area contributed by atoms with Crippen molar-refractivity contribution in [2.24, 2.45) is 4.99 Å². The molecule has 0 aliphatic carbocycles. The molecule has 158 valence electrons. The molecular formula is C21H29IN4O3. The van der Waals surface area contributed by atoms with E-state index in [1.165, 1.54) is 0 Å². The van der Waals surface area contributed by atoms with Gasteiger partial charge in [-0.05, 0) is 43.2 Å². The van der Waals surface area contributed by atoms with E-state index in [1.807, 2.05) is 55.5 Å². The molecule has 2 aromatic rings. The first-order valence-electron chi connectivity index (χ1n) is 9.24. The van der Waals surface area contributed by atoms with Gasteiger partial charge in [-0.1, -0.05) is 24.3 Å². The van der Waals surface area contributed by atoms with Gasteiger partial charge in [-0.15, -0.1) is 24.0 Å². The number of methoxy groups -OCH3 is 2. The Morgan fingerprint density at radius 3 is 2.38 bits per heavy atom. The average Bonchev–Trinajstić information content (AvgIpc) is 2.72. The normalized spacial score (nSPS) is 10.5. The van der Waals surface area contributed by atoms with Crippen LogP contribution in [-0.2, 0) is 11.2 Å². The molecule has 0 radical (unpaired) electrons. The third-order valence-corrected chi connectivity index (χ3v) is 3.94. The lowest BCUT2D eigenvalue weighted by Gasteiger charge is -2.12. The van der Waals surface area contributed by atoms with Gasteiger partial charge in [0.2, 0.25) is 5.91 Å². The molecule has 29 heavy (non-hydrogen) atoms. The molecule has 2 rings (SSSR count). The highest BCUT2D eigenvalue weighted by Crippen LogP contribution is 2.27. The lowest BCUT2D eigenvalue weighted by Crippen LogP contribution is -2.39. The summed E-state index contributed by atoms with van der Waals surface area (Å²) in [6.45, 7) is 3.40. The molecule has 2 aromatic carbocycles. The van der Waals surface area contributed by atoms with Crippen LogP contribution < -0.4 is 25.4 Å². The van der Waals surface area contributed by atoms with Crippen LogP contribution in [-0.4, -0.2) is 45.7 Å². The molecule has 7 nitrogen and oxygen atoms in total. The minimum atomic E-state index is -0.164. The lowest BCUT2D eigenvalue weighted by atomic mass is 10.1. The number of benzene rings is 2. The Hall–Kier alpha value is -2.49. The van der Waals surface area contributed by atoms with Crippen LogP contribution >= 0.6 is 24.0 Å². The van der Waals surface area contributed by atoms with Crippen molar-refractivity contribution in [2.75, 3.05) is 39.2 Å². The first-order valence-corrected chi connectivity index (χ1v) is 9.24. The van der Waals surface area contributed by atoms with Crippen LogP contribution in [0.3, 0.4) is 0 Å².